The normalized spacial score (nSPS) is 14.5. The zero-order valence-corrected chi connectivity index (χ0v) is 10.9. The Bertz CT molecular complexity index is 330. The van der Waals surface area contributed by atoms with Gasteiger partial charge in [0.25, 0.3) is 0 Å². The monoisotopic (exact) mass is 237 g/mol. The smallest absolute Gasteiger partial charge is 0.0728 e. The number of anilines is 1. The van der Waals surface area contributed by atoms with Crippen LogP contribution in [0, 0.1) is 0 Å². The van der Waals surface area contributed by atoms with Gasteiger partial charge >= 0.3 is 0 Å². The van der Waals surface area contributed by atoms with Gasteiger partial charge in [-0.3, -0.25) is 4.98 Å². The van der Waals surface area contributed by atoms with E-state index in [1.54, 1.807) is 6.20 Å². The molecule has 0 bridgehead atoms. The largest absolute Gasteiger partial charge is 0.398 e. The first-order valence-corrected chi connectivity index (χ1v) is 6.20. The predicted molar refractivity (Wildman–Crippen MR) is 70.9 cm³/mol. The van der Waals surface area contributed by atoms with Gasteiger partial charge in [-0.1, -0.05) is 6.92 Å². The van der Waals surface area contributed by atoms with Gasteiger partial charge in [0.2, 0.25) is 0 Å². The van der Waals surface area contributed by atoms with Crippen LogP contribution in [0.25, 0.3) is 0 Å². The number of rotatable bonds is 7. The number of hydrogen-bond acceptors (Lipinski definition) is 4. The Morgan fingerprint density at radius 2 is 2.24 bits per heavy atom. The van der Waals surface area contributed by atoms with E-state index < -0.39 is 0 Å². The molecule has 17 heavy (non-hydrogen) atoms. The summed E-state index contributed by atoms with van der Waals surface area (Å²) >= 11 is 0. The number of hydrogen-bond donors (Lipinski definition) is 2. The lowest BCUT2D eigenvalue weighted by atomic mass is 10.00. The van der Waals surface area contributed by atoms with Crippen molar-refractivity contribution in [2.24, 2.45) is 0 Å². The number of pyridine rings is 1. The van der Waals surface area contributed by atoms with Crippen molar-refractivity contribution in [1.29, 1.82) is 0 Å². The van der Waals surface area contributed by atoms with E-state index in [-0.39, 0.29) is 12.1 Å². The standard InChI is InChI=1S/C13H23N3O/c1-4-13(17-5-2)12(15-3)8-10-9-16-7-6-11(10)14/h6-7,9,12-13,15H,4-5,8H2,1-3H3,(H2,14,16). The van der Waals surface area contributed by atoms with Gasteiger partial charge in [-0.05, 0) is 38.4 Å². The van der Waals surface area contributed by atoms with Crippen LogP contribution in [0.2, 0.25) is 0 Å². The van der Waals surface area contributed by atoms with Crippen molar-refractivity contribution >= 4 is 5.69 Å². The highest BCUT2D eigenvalue weighted by Crippen LogP contribution is 2.15. The summed E-state index contributed by atoms with van der Waals surface area (Å²) in [5, 5.41) is 3.31. The van der Waals surface area contributed by atoms with Crippen LogP contribution in [0.3, 0.4) is 0 Å². The molecule has 0 saturated heterocycles. The maximum atomic E-state index is 5.93. The van der Waals surface area contributed by atoms with E-state index in [0.717, 1.165) is 30.7 Å². The van der Waals surface area contributed by atoms with Gasteiger partial charge in [-0.2, -0.15) is 0 Å². The zero-order valence-electron chi connectivity index (χ0n) is 10.9. The number of aromatic nitrogens is 1. The van der Waals surface area contributed by atoms with Gasteiger partial charge in [0.1, 0.15) is 0 Å². The van der Waals surface area contributed by atoms with Crippen LogP contribution in [-0.4, -0.2) is 30.8 Å². The van der Waals surface area contributed by atoms with Crippen molar-refractivity contribution in [2.75, 3.05) is 19.4 Å². The Kier molecular flexibility index (Phi) is 5.94. The van der Waals surface area contributed by atoms with Gasteiger partial charge in [0, 0.05) is 30.7 Å². The van der Waals surface area contributed by atoms with Crippen LogP contribution in [0.15, 0.2) is 18.5 Å². The average molecular weight is 237 g/mol. The zero-order chi connectivity index (χ0) is 12.7. The van der Waals surface area contributed by atoms with E-state index in [9.17, 15) is 0 Å². The fraction of sp³-hybridized carbons (Fsp3) is 0.615. The van der Waals surface area contributed by atoms with Crippen molar-refractivity contribution in [3.8, 4) is 0 Å². The molecule has 0 aromatic carbocycles. The van der Waals surface area contributed by atoms with E-state index in [4.69, 9.17) is 10.5 Å². The first kappa shape index (κ1) is 13.9. The molecule has 0 aliphatic heterocycles. The summed E-state index contributed by atoms with van der Waals surface area (Å²) in [7, 11) is 1.96. The molecule has 0 aliphatic rings. The molecule has 1 rings (SSSR count). The third-order valence-electron chi connectivity index (χ3n) is 2.98. The lowest BCUT2D eigenvalue weighted by Crippen LogP contribution is -2.41. The molecule has 0 aliphatic carbocycles. The molecule has 3 N–H and O–H groups in total. The van der Waals surface area contributed by atoms with Gasteiger partial charge < -0.3 is 15.8 Å². The Morgan fingerprint density at radius 1 is 1.47 bits per heavy atom. The molecule has 1 aromatic rings. The first-order chi connectivity index (χ1) is 8.22. The molecule has 2 atom stereocenters. The molecular formula is C13H23N3O. The fourth-order valence-corrected chi connectivity index (χ4v) is 2.00. The minimum absolute atomic E-state index is 0.213. The SMILES string of the molecule is CCOC(CC)C(Cc1cnccc1N)NC. The number of ether oxygens (including phenoxy) is 1. The molecule has 4 heteroatoms. The molecule has 0 spiro atoms. The summed E-state index contributed by atoms with van der Waals surface area (Å²) in [6.07, 6.45) is 5.59. The summed E-state index contributed by atoms with van der Waals surface area (Å²) in [6, 6.07) is 2.11. The Morgan fingerprint density at radius 3 is 2.76 bits per heavy atom. The van der Waals surface area contributed by atoms with Gasteiger partial charge in [0.15, 0.2) is 0 Å². The lowest BCUT2D eigenvalue weighted by Gasteiger charge is -2.26. The Labute approximate surface area is 104 Å². The Hall–Kier alpha value is -1.13. The first-order valence-electron chi connectivity index (χ1n) is 6.20. The third-order valence-corrected chi connectivity index (χ3v) is 2.98. The highest BCUT2D eigenvalue weighted by Gasteiger charge is 2.19. The van der Waals surface area contributed by atoms with Crippen LogP contribution >= 0.6 is 0 Å². The summed E-state index contributed by atoms with van der Waals surface area (Å²) in [5.41, 5.74) is 7.80. The number of nitrogens with one attached hydrogen (secondary N) is 1. The highest BCUT2D eigenvalue weighted by atomic mass is 16.5. The van der Waals surface area contributed by atoms with Crippen molar-refractivity contribution in [2.45, 2.75) is 38.8 Å². The lowest BCUT2D eigenvalue weighted by molar-refractivity contribution is 0.0339. The predicted octanol–water partition coefficient (Wildman–Crippen LogP) is 1.61. The summed E-state index contributed by atoms with van der Waals surface area (Å²) in [6.45, 7) is 4.89. The maximum absolute atomic E-state index is 5.93. The minimum atomic E-state index is 0.213. The van der Waals surface area contributed by atoms with E-state index in [1.807, 2.05) is 26.2 Å². The molecule has 1 aromatic heterocycles. The number of nitrogen functional groups attached to an aromatic ring is 1. The molecular weight excluding hydrogens is 214 g/mol. The van der Waals surface area contributed by atoms with Crippen molar-refractivity contribution < 1.29 is 4.74 Å². The minimum Gasteiger partial charge on any atom is -0.398 e. The molecule has 4 nitrogen and oxygen atoms in total. The average Bonchev–Trinajstić information content (AvgIpc) is 2.35. The molecule has 0 saturated carbocycles. The molecule has 2 unspecified atom stereocenters. The van der Waals surface area contributed by atoms with Gasteiger partial charge in [-0.15, -0.1) is 0 Å². The van der Waals surface area contributed by atoms with Crippen molar-refractivity contribution in [3.05, 3.63) is 24.0 Å². The number of nitrogens with zero attached hydrogens (tertiary/aromatic N) is 1. The Balaban J connectivity index is 2.72. The molecule has 96 valence electrons. The number of likely N-dealkylation sites (N-methyl/N-ethyl adjacent to an activating group) is 1. The van der Waals surface area contributed by atoms with Gasteiger partial charge in [0.05, 0.1) is 6.10 Å². The van der Waals surface area contributed by atoms with Gasteiger partial charge in [-0.25, -0.2) is 0 Å². The second kappa shape index (κ2) is 7.25. The maximum Gasteiger partial charge on any atom is 0.0728 e. The van der Waals surface area contributed by atoms with Crippen molar-refractivity contribution in [3.63, 3.8) is 0 Å². The quantitative estimate of drug-likeness (QED) is 0.756. The van der Waals surface area contributed by atoms with E-state index in [1.165, 1.54) is 0 Å². The highest BCUT2D eigenvalue weighted by molar-refractivity contribution is 5.44. The van der Waals surface area contributed by atoms with Crippen LogP contribution < -0.4 is 11.1 Å². The second-order valence-electron chi connectivity index (χ2n) is 4.08. The van der Waals surface area contributed by atoms with Crippen LogP contribution in [0.5, 0.6) is 0 Å². The summed E-state index contributed by atoms with van der Waals surface area (Å²) in [5.74, 6) is 0. The number of nitrogens with two attached hydrogens (primary N) is 1. The fourth-order valence-electron chi connectivity index (χ4n) is 2.00. The van der Waals surface area contributed by atoms with Crippen LogP contribution in [0.4, 0.5) is 5.69 Å². The van der Waals surface area contributed by atoms with Crippen LogP contribution in [-0.2, 0) is 11.2 Å². The summed E-state index contributed by atoms with van der Waals surface area (Å²) < 4.78 is 5.73. The third kappa shape index (κ3) is 3.98. The molecule has 0 fully saturated rings. The second-order valence-corrected chi connectivity index (χ2v) is 4.08. The summed E-state index contributed by atoms with van der Waals surface area (Å²) in [4.78, 5) is 4.12. The van der Waals surface area contributed by atoms with Crippen molar-refractivity contribution in [1.82, 2.24) is 10.3 Å². The molecule has 0 radical (unpaired) electrons. The van der Waals surface area contributed by atoms with E-state index >= 15 is 0 Å². The van der Waals surface area contributed by atoms with Crippen LogP contribution in [0.1, 0.15) is 25.8 Å². The van der Waals surface area contributed by atoms with E-state index in [0.29, 0.717) is 0 Å². The molecule has 1 heterocycles. The molecule has 0 amide bonds. The topological polar surface area (TPSA) is 60.2 Å². The van der Waals surface area contributed by atoms with E-state index in [2.05, 4.69) is 17.2 Å².